The monoisotopic (exact) mass is 255 g/mol. The summed E-state index contributed by atoms with van der Waals surface area (Å²) in [5.41, 5.74) is 6.63. The van der Waals surface area contributed by atoms with Crippen LogP contribution in [-0.2, 0) is 12.8 Å². The summed E-state index contributed by atoms with van der Waals surface area (Å²) in [6.45, 7) is 2.10. The molecular weight excluding hydrogens is 234 g/mol. The lowest BCUT2D eigenvalue weighted by molar-refractivity contribution is 0.489. The van der Waals surface area contributed by atoms with Crippen molar-refractivity contribution >= 4 is 0 Å². The SMILES string of the molecule is Cc1ccc(CC(CCc2ccccn2)NN)cc1. The van der Waals surface area contributed by atoms with E-state index in [0.29, 0.717) is 0 Å². The minimum atomic E-state index is 0.282. The Morgan fingerprint density at radius 2 is 1.95 bits per heavy atom. The van der Waals surface area contributed by atoms with E-state index in [1.165, 1.54) is 11.1 Å². The first-order valence-corrected chi connectivity index (χ1v) is 6.69. The number of nitrogens with one attached hydrogen (secondary N) is 1. The molecular formula is C16H21N3. The number of hydrazine groups is 1. The van der Waals surface area contributed by atoms with Crippen molar-refractivity contribution in [3.05, 3.63) is 65.5 Å². The van der Waals surface area contributed by atoms with Crippen LogP contribution in [0.25, 0.3) is 0 Å². The minimum absolute atomic E-state index is 0.282. The molecule has 2 rings (SSSR count). The molecule has 3 nitrogen and oxygen atoms in total. The quantitative estimate of drug-likeness (QED) is 0.615. The van der Waals surface area contributed by atoms with Gasteiger partial charge in [-0.1, -0.05) is 35.9 Å². The topological polar surface area (TPSA) is 50.9 Å². The first-order chi connectivity index (χ1) is 9.28. The van der Waals surface area contributed by atoms with Gasteiger partial charge in [-0.05, 0) is 43.9 Å². The second-order valence-electron chi connectivity index (χ2n) is 4.91. The molecule has 0 amide bonds. The van der Waals surface area contributed by atoms with Crippen molar-refractivity contribution in [3.8, 4) is 0 Å². The first-order valence-electron chi connectivity index (χ1n) is 6.69. The maximum atomic E-state index is 5.64. The third kappa shape index (κ3) is 4.47. The highest BCUT2D eigenvalue weighted by Crippen LogP contribution is 2.09. The molecule has 0 fully saturated rings. The van der Waals surface area contributed by atoms with Crippen molar-refractivity contribution in [2.24, 2.45) is 5.84 Å². The Morgan fingerprint density at radius 3 is 2.58 bits per heavy atom. The van der Waals surface area contributed by atoms with Gasteiger partial charge in [-0.15, -0.1) is 0 Å². The predicted molar refractivity (Wildman–Crippen MR) is 78.6 cm³/mol. The summed E-state index contributed by atoms with van der Waals surface area (Å²) in [7, 11) is 0. The molecule has 1 aromatic heterocycles. The van der Waals surface area contributed by atoms with E-state index in [1.54, 1.807) is 0 Å². The molecule has 1 aromatic carbocycles. The van der Waals surface area contributed by atoms with E-state index in [4.69, 9.17) is 5.84 Å². The highest BCUT2D eigenvalue weighted by atomic mass is 15.2. The summed E-state index contributed by atoms with van der Waals surface area (Å²) < 4.78 is 0. The summed E-state index contributed by atoms with van der Waals surface area (Å²) in [6, 6.07) is 14.9. The summed E-state index contributed by atoms with van der Waals surface area (Å²) in [5.74, 6) is 5.64. The smallest absolute Gasteiger partial charge is 0.0404 e. The number of hydrogen-bond donors (Lipinski definition) is 2. The molecule has 3 heteroatoms. The van der Waals surface area contributed by atoms with Crippen LogP contribution >= 0.6 is 0 Å². The zero-order valence-corrected chi connectivity index (χ0v) is 11.3. The molecule has 0 radical (unpaired) electrons. The third-order valence-corrected chi connectivity index (χ3v) is 3.31. The summed E-state index contributed by atoms with van der Waals surface area (Å²) in [5, 5.41) is 0. The van der Waals surface area contributed by atoms with E-state index in [1.807, 2.05) is 18.3 Å². The number of rotatable bonds is 6. The standard InChI is InChI=1S/C16H21N3/c1-13-5-7-14(8-6-13)12-16(19-17)10-9-15-4-2-3-11-18-15/h2-8,11,16,19H,9-10,12,17H2,1H3. The number of pyridine rings is 1. The minimum Gasteiger partial charge on any atom is -0.271 e. The van der Waals surface area contributed by atoms with Crippen LogP contribution in [0.1, 0.15) is 23.2 Å². The van der Waals surface area contributed by atoms with Gasteiger partial charge in [0.2, 0.25) is 0 Å². The molecule has 1 atom stereocenters. The van der Waals surface area contributed by atoms with Crippen molar-refractivity contribution in [2.45, 2.75) is 32.2 Å². The number of aryl methyl sites for hydroxylation is 2. The highest BCUT2D eigenvalue weighted by Gasteiger charge is 2.08. The van der Waals surface area contributed by atoms with Crippen LogP contribution in [0.2, 0.25) is 0 Å². The van der Waals surface area contributed by atoms with Gasteiger partial charge in [-0.3, -0.25) is 16.3 Å². The van der Waals surface area contributed by atoms with E-state index >= 15 is 0 Å². The van der Waals surface area contributed by atoms with Gasteiger partial charge in [-0.25, -0.2) is 0 Å². The van der Waals surface area contributed by atoms with E-state index in [2.05, 4.69) is 47.7 Å². The summed E-state index contributed by atoms with van der Waals surface area (Å²) in [4.78, 5) is 4.34. The van der Waals surface area contributed by atoms with Crippen molar-refractivity contribution in [1.29, 1.82) is 0 Å². The van der Waals surface area contributed by atoms with Crippen LogP contribution in [0.15, 0.2) is 48.7 Å². The van der Waals surface area contributed by atoms with Crippen molar-refractivity contribution in [3.63, 3.8) is 0 Å². The maximum absolute atomic E-state index is 5.64. The molecule has 1 heterocycles. The molecule has 0 aliphatic carbocycles. The maximum Gasteiger partial charge on any atom is 0.0404 e. The summed E-state index contributed by atoms with van der Waals surface area (Å²) in [6.07, 6.45) is 4.72. The van der Waals surface area contributed by atoms with Crippen LogP contribution in [0, 0.1) is 6.92 Å². The molecule has 100 valence electrons. The molecule has 0 aliphatic heterocycles. The van der Waals surface area contributed by atoms with Gasteiger partial charge in [0.15, 0.2) is 0 Å². The largest absolute Gasteiger partial charge is 0.271 e. The Kier molecular flexibility index (Phi) is 5.07. The Hall–Kier alpha value is -1.71. The molecule has 0 spiro atoms. The fourth-order valence-corrected chi connectivity index (χ4v) is 2.12. The van der Waals surface area contributed by atoms with E-state index in [-0.39, 0.29) is 6.04 Å². The fraction of sp³-hybridized carbons (Fsp3) is 0.312. The first kappa shape index (κ1) is 13.7. The van der Waals surface area contributed by atoms with E-state index < -0.39 is 0 Å². The highest BCUT2D eigenvalue weighted by molar-refractivity contribution is 5.22. The van der Waals surface area contributed by atoms with Gasteiger partial charge in [0.25, 0.3) is 0 Å². The van der Waals surface area contributed by atoms with Gasteiger partial charge >= 0.3 is 0 Å². The number of benzene rings is 1. The van der Waals surface area contributed by atoms with Gasteiger partial charge in [0.05, 0.1) is 0 Å². The van der Waals surface area contributed by atoms with E-state index in [9.17, 15) is 0 Å². The Bertz CT molecular complexity index is 479. The average molecular weight is 255 g/mol. The molecule has 2 aromatic rings. The molecule has 19 heavy (non-hydrogen) atoms. The van der Waals surface area contributed by atoms with Crippen molar-refractivity contribution in [1.82, 2.24) is 10.4 Å². The van der Waals surface area contributed by atoms with Gasteiger partial charge in [0.1, 0.15) is 0 Å². The van der Waals surface area contributed by atoms with Crippen LogP contribution < -0.4 is 11.3 Å². The predicted octanol–water partition coefficient (Wildman–Crippen LogP) is 2.40. The molecule has 0 aliphatic rings. The Labute approximate surface area is 114 Å². The van der Waals surface area contributed by atoms with Crippen LogP contribution in [0.3, 0.4) is 0 Å². The van der Waals surface area contributed by atoms with E-state index in [0.717, 1.165) is 25.0 Å². The second-order valence-corrected chi connectivity index (χ2v) is 4.91. The lowest BCUT2D eigenvalue weighted by Crippen LogP contribution is -2.37. The number of nitrogens with two attached hydrogens (primary N) is 1. The number of hydrogen-bond acceptors (Lipinski definition) is 3. The molecule has 0 saturated heterocycles. The lowest BCUT2D eigenvalue weighted by Gasteiger charge is -2.15. The van der Waals surface area contributed by atoms with Crippen molar-refractivity contribution < 1.29 is 0 Å². The number of aromatic nitrogens is 1. The summed E-state index contributed by atoms with van der Waals surface area (Å²) >= 11 is 0. The average Bonchev–Trinajstić information content (AvgIpc) is 2.46. The Balaban J connectivity index is 1.88. The zero-order chi connectivity index (χ0) is 13.5. The van der Waals surface area contributed by atoms with Crippen LogP contribution in [0.4, 0.5) is 0 Å². The van der Waals surface area contributed by atoms with Gasteiger partial charge in [-0.2, -0.15) is 0 Å². The number of nitrogens with zero attached hydrogens (tertiary/aromatic N) is 1. The van der Waals surface area contributed by atoms with Crippen LogP contribution in [0.5, 0.6) is 0 Å². The zero-order valence-electron chi connectivity index (χ0n) is 11.3. The third-order valence-electron chi connectivity index (χ3n) is 3.31. The lowest BCUT2D eigenvalue weighted by atomic mass is 10.0. The Morgan fingerprint density at radius 1 is 1.16 bits per heavy atom. The molecule has 0 saturated carbocycles. The van der Waals surface area contributed by atoms with Crippen LogP contribution in [-0.4, -0.2) is 11.0 Å². The second kappa shape index (κ2) is 7.02. The van der Waals surface area contributed by atoms with Crippen molar-refractivity contribution in [2.75, 3.05) is 0 Å². The molecule has 3 N–H and O–H groups in total. The van der Waals surface area contributed by atoms with Gasteiger partial charge < -0.3 is 0 Å². The van der Waals surface area contributed by atoms with Gasteiger partial charge in [0, 0.05) is 17.9 Å². The fourth-order valence-electron chi connectivity index (χ4n) is 2.12. The normalized spacial score (nSPS) is 12.3. The molecule has 1 unspecified atom stereocenters. The molecule has 0 bridgehead atoms.